The molecule has 2 aromatic carbocycles. The van der Waals surface area contributed by atoms with Gasteiger partial charge in [0, 0.05) is 11.1 Å². The van der Waals surface area contributed by atoms with Crippen LogP contribution in [0.1, 0.15) is 22.8 Å². The van der Waals surface area contributed by atoms with E-state index in [9.17, 15) is 4.79 Å². The number of carbonyl (C=O) groups is 1. The fraction of sp³-hybridized carbons (Fsp3) is 0.188. The summed E-state index contributed by atoms with van der Waals surface area (Å²) in [7, 11) is 1.64. The minimum absolute atomic E-state index is 0.153. The number of hydrogen-bond donors (Lipinski definition) is 2. The molecule has 0 radical (unpaired) electrons. The number of carbonyl (C=O) groups excluding carboxylic acids is 1. The molecule has 1 aliphatic rings. The van der Waals surface area contributed by atoms with Gasteiger partial charge in [0.25, 0.3) is 5.91 Å². The lowest BCUT2D eigenvalue weighted by molar-refractivity contribution is 0.102. The summed E-state index contributed by atoms with van der Waals surface area (Å²) in [5.41, 5.74) is 3.82. The number of nitrogens with one attached hydrogen (secondary N) is 2. The molecule has 0 aliphatic carbocycles. The number of amides is 1. The zero-order valence-corrected chi connectivity index (χ0v) is 12.5. The van der Waals surface area contributed by atoms with E-state index in [4.69, 9.17) is 16.3 Å². The molecule has 0 saturated heterocycles. The number of aryl methyl sites for hydroxylation is 1. The van der Waals surface area contributed by atoms with Gasteiger partial charge in [-0.15, -0.1) is 0 Å². The van der Waals surface area contributed by atoms with Gasteiger partial charge >= 0.3 is 0 Å². The number of methoxy groups -OCH3 is 1. The van der Waals surface area contributed by atoms with Crippen LogP contribution < -0.4 is 15.4 Å². The Balaban J connectivity index is 2.15. The summed E-state index contributed by atoms with van der Waals surface area (Å²) < 4.78 is 5.40. The van der Waals surface area contributed by atoms with E-state index >= 15 is 0 Å². The van der Waals surface area contributed by atoms with Crippen molar-refractivity contribution in [3.63, 3.8) is 0 Å². The Hall–Kier alpha value is -2.20. The first kappa shape index (κ1) is 13.8. The van der Waals surface area contributed by atoms with Gasteiger partial charge in [-0.25, -0.2) is 0 Å². The van der Waals surface area contributed by atoms with Crippen LogP contribution in [0.15, 0.2) is 30.3 Å². The first-order valence-corrected chi connectivity index (χ1v) is 7.09. The highest BCUT2D eigenvalue weighted by Gasteiger charge is 2.20. The Kier molecular flexibility index (Phi) is 3.47. The fourth-order valence-corrected chi connectivity index (χ4v) is 2.62. The number of rotatable bonds is 2. The van der Waals surface area contributed by atoms with Crippen molar-refractivity contribution in [2.24, 2.45) is 0 Å². The highest BCUT2D eigenvalue weighted by molar-refractivity contribution is 6.31. The maximum absolute atomic E-state index is 12.3. The largest absolute Gasteiger partial charge is 0.496 e. The van der Waals surface area contributed by atoms with Crippen LogP contribution in [-0.4, -0.2) is 13.0 Å². The van der Waals surface area contributed by atoms with Crippen molar-refractivity contribution in [1.82, 2.24) is 0 Å². The molecule has 0 unspecified atom stereocenters. The molecule has 0 fully saturated rings. The van der Waals surface area contributed by atoms with Gasteiger partial charge in [0.1, 0.15) is 5.75 Å². The third-order valence-electron chi connectivity index (χ3n) is 3.55. The van der Waals surface area contributed by atoms with Gasteiger partial charge < -0.3 is 15.4 Å². The number of halogens is 1. The Bertz CT molecular complexity index is 728. The molecule has 0 aromatic heterocycles. The van der Waals surface area contributed by atoms with Crippen molar-refractivity contribution >= 4 is 34.6 Å². The summed E-state index contributed by atoms with van der Waals surface area (Å²) in [5.74, 6) is 0.642. The van der Waals surface area contributed by atoms with Crippen LogP contribution in [-0.2, 0) is 6.42 Å². The number of hydrogen-bond acceptors (Lipinski definition) is 3. The first-order valence-electron chi connectivity index (χ1n) is 6.71. The molecule has 1 amide bonds. The number of anilines is 3. The SMILES string of the molecule is CCc1cc2c(cc1OC)Nc1cc(Cl)ccc1C(=O)N2. The average molecular weight is 303 g/mol. The summed E-state index contributed by atoms with van der Waals surface area (Å²) in [6, 6.07) is 8.99. The normalized spacial score (nSPS) is 12.6. The van der Waals surface area contributed by atoms with E-state index in [1.165, 1.54) is 0 Å². The molecule has 1 heterocycles. The monoisotopic (exact) mass is 302 g/mol. The van der Waals surface area contributed by atoms with Gasteiger partial charge in [-0.2, -0.15) is 0 Å². The average Bonchev–Trinajstić information content (AvgIpc) is 2.60. The van der Waals surface area contributed by atoms with Gasteiger partial charge in [0.05, 0.1) is 29.7 Å². The Labute approximate surface area is 128 Å². The Morgan fingerprint density at radius 3 is 2.57 bits per heavy atom. The molecule has 4 nitrogen and oxygen atoms in total. The smallest absolute Gasteiger partial charge is 0.257 e. The molecule has 0 atom stereocenters. The molecule has 0 saturated carbocycles. The van der Waals surface area contributed by atoms with Gasteiger partial charge in [-0.3, -0.25) is 4.79 Å². The second-order valence-corrected chi connectivity index (χ2v) is 5.27. The van der Waals surface area contributed by atoms with Gasteiger partial charge in [-0.05, 0) is 36.2 Å². The molecule has 0 bridgehead atoms. The van der Waals surface area contributed by atoms with Crippen molar-refractivity contribution in [3.8, 4) is 5.75 Å². The van der Waals surface area contributed by atoms with E-state index in [-0.39, 0.29) is 5.91 Å². The van der Waals surface area contributed by atoms with Crippen LogP contribution in [0.4, 0.5) is 17.1 Å². The van der Waals surface area contributed by atoms with Crippen LogP contribution in [0.3, 0.4) is 0 Å². The molecule has 0 spiro atoms. The first-order chi connectivity index (χ1) is 10.1. The third-order valence-corrected chi connectivity index (χ3v) is 3.78. The topological polar surface area (TPSA) is 50.4 Å². The lowest BCUT2D eigenvalue weighted by Crippen LogP contribution is -2.10. The van der Waals surface area contributed by atoms with Crippen molar-refractivity contribution in [3.05, 3.63) is 46.5 Å². The highest BCUT2D eigenvalue weighted by Crippen LogP contribution is 2.37. The summed E-state index contributed by atoms with van der Waals surface area (Å²) in [6.07, 6.45) is 0.825. The number of fused-ring (bicyclic) bond motifs is 2. The minimum atomic E-state index is -0.153. The molecule has 1 aliphatic heterocycles. The summed E-state index contributed by atoms with van der Waals surface area (Å²) >= 11 is 6.01. The van der Waals surface area contributed by atoms with E-state index in [0.29, 0.717) is 16.3 Å². The predicted octanol–water partition coefficient (Wildman–Crippen LogP) is 4.22. The van der Waals surface area contributed by atoms with Crippen LogP contribution in [0, 0.1) is 0 Å². The molecule has 5 heteroatoms. The lowest BCUT2D eigenvalue weighted by atomic mass is 10.1. The highest BCUT2D eigenvalue weighted by atomic mass is 35.5. The van der Waals surface area contributed by atoms with E-state index in [2.05, 4.69) is 10.6 Å². The van der Waals surface area contributed by atoms with E-state index in [1.807, 2.05) is 19.1 Å². The van der Waals surface area contributed by atoms with Crippen LogP contribution in [0.5, 0.6) is 5.75 Å². The third kappa shape index (κ3) is 2.43. The zero-order valence-electron chi connectivity index (χ0n) is 11.8. The standard InChI is InChI=1S/C16H15ClN2O2/c1-3-9-6-13-14(8-15(9)21-2)18-12-7-10(17)4-5-11(12)16(20)19-13/h4-8,18H,3H2,1-2H3,(H,19,20). The molecule has 3 rings (SSSR count). The summed E-state index contributed by atoms with van der Waals surface area (Å²) in [4.78, 5) is 12.3. The lowest BCUT2D eigenvalue weighted by Gasteiger charge is -2.14. The van der Waals surface area contributed by atoms with E-state index in [0.717, 1.165) is 29.1 Å². The second-order valence-electron chi connectivity index (χ2n) is 4.83. The zero-order chi connectivity index (χ0) is 15.0. The van der Waals surface area contributed by atoms with Crippen LogP contribution in [0.2, 0.25) is 5.02 Å². The summed E-state index contributed by atoms with van der Waals surface area (Å²) in [6.45, 7) is 2.05. The fourth-order valence-electron chi connectivity index (χ4n) is 2.45. The Morgan fingerprint density at radius 1 is 1.10 bits per heavy atom. The summed E-state index contributed by atoms with van der Waals surface area (Å²) in [5, 5.41) is 6.75. The number of benzene rings is 2. The van der Waals surface area contributed by atoms with Crippen molar-refractivity contribution in [2.75, 3.05) is 17.7 Å². The van der Waals surface area contributed by atoms with Gasteiger partial charge in [0.15, 0.2) is 0 Å². The van der Waals surface area contributed by atoms with Crippen LogP contribution in [0.25, 0.3) is 0 Å². The molecule has 21 heavy (non-hydrogen) atoms. The van der Waals surface area contributed by atoms with Gasteiger partial charge in [0.2, 0.25) is 0 Å². The minimum Gasteiger partial charge on any atom is -0.496 e. The maximum Gasteiger partial charge on any atom is 0.257 e. The van der Waals surface area contributed by atoms with Crippen molar-refractivity contribution in [2.45, 2.75) is 13.3 Å². The van der Waals surface area contributed by atoms with Crippen molar-refractivity contribution < 1.29 is 9.53 Å². The maximum atomic E-state index is 12.3. The second kappa shape index (κ2) is 5.30. The van der Waals surface area contributed by atoms with E-state index < -0.39 is 0 Å². The molecule has 2 N–H and O–H groups in total. The Morgan fingerprint density at radius 2 is 1.86 bits per heavy atom. The molecular formula is C16H15ClN2O2. The van der Waals surface area contributed by atoms with E-state index in [1.54, 1.807) is 25.3 Å². The predicted molar refractivity (Wildman–Crippen MR) is 85.1 cm³/mol. The quantitative estimate of drug-likeness (QED) is 0.873. The van der Waals surface area contributed by atoms with Gasteiger partial charge in [-0.1, -0.05) is 18.5 Å². The van der Waals surface area contributed by atoms with Crippen molar-refractivity contribution in [1.29, 1.82) is 0 Å². The number of ether oxygens (including phenoxy) is 1. The molecule has 2 aromatic rings. The van der Waals surface area contributed by atoms with Crippen LogP contribution >= 0.6 is 11.6 Å². The molecular weight excluding hydrogens is 288 g/mol. The molecule has 108 valence electrons.